The monoisotopic (exact) mass is 355 g/mol. The number of aromatic nitrogens is 4. The molecule has 1 N–H and O–H groups in total. The van der Waals surface area contributed by atoms with Crippen LogP contribution in [0, 0.1) is 5.82 Å². The lowest BCUT2D eigenvalue weighted by Crippen LogP contribution is -2.20. The fourth-order valence-electron chi connectivity index (χ4n) is 3.10. The average molecular weight is 355 g/mol. The summed E-state index contributed by atoms with van der Waals surface area (Å²) >= 11 is 0. The van der Waals surface area contributed by atoms with E-state index in [4.69, 9.17) is 4.74 Å². The molecule has 2 atom stereocenters. The average Bonchev–Trinajstić information content (AvgIpc) is 3.03. The van der Waals surface area contributed by atoms with Crippen molar-refractivity contribution in [3.63, 3.8) is 0 Å². The summed E-state index contributed by atoms with van der Waals surface area (Å²) in [6.45, 7) is 3.74. The van der Waals surface area contributed by atoms with E-state index in [0.717, 1.165) is 11.3 Å². The topological polar surface area (TPSA) is 81.9 Å². The van der Waals surface area contributed by atoms with Crippen LogP contribution in [0.15, 0.2) is 30.7 Å². The van der Waals surface area contributed by atoms with Gasteiger partial charge in [-0.25, -0.2) is 23.7 Å². The zero-order valence-electron chi connectivity index (χ0n) is 14.4. The Bertz CT molecular complexity index is 987. The first kappa shape index (κ1) is 16.4. The molecule has 0 saturated carbocycles. The van der Waals surface area contributed by atoms with Gasteiger partial charge < -0.3 is 10.1 Å². The Balaban J connectivity index is 1.82. The number of anilines is 1. The van der Waals surface area contributed by atoms with Gasteiger partial charge in [-0.05, 0) is 50.5 Å². The van der Waals surface area contributed by atoms with Crippen LogP contribution in [0.3, 0.4) is 0 Å². The highest BCUT2D eigenvalue weighted by molar-refractivity contribution is 5.84. The molecule has 1 aliphatic rings. The molecule has 0 fully saturated rings. The van der Waals surface area contributed by atoms with Crippen LogP contribution in [-0.2, 0) is 11.2 Å². The van der Waals surface area contributed by atoms with Gasteiger partial charge in [0.1, 0.15) is 29.6 Å². The van der Waals surface area contributed by atoms with Crippen molar-refractivity contribution >= 4 is 23.1 Å². The highest BCUT2D eigenvalue weighted by Crippen LogP contribution is 2.25. The molecule has 0 amide bonds. The summed E-state index contributed by atoms with van der Waals surface area (Å²) in [5.74, 6) is 0.171. The molecule has 134 valence electrons. The van der Waals surface area contributed by atoms with Crippen molar-refractivity contribution in [2.45, 2.75) is 38.8 Å². The molecule has 0 saturated heterocycles. The van der Waals surface area contributed by atoms with Crippen LogP contribution < -0.4 is 5.32 Å². The van der Waals surface area contributed by atoms with E-state index >= 15 is 0 Å². The van der Waals surface area contributed by atoms with Crippen molar-refractivity contribution in [1.29, 1.82) is 0 Å². The second-order valence-electron chi connectivity index (χ2n) is 6.44. The highest BCUT2D eigenvalue weighted by Gasteiger charge is 2.20. The summed E-state index contributed by atoms with van der Waals surface area (Å²) < 4.78 is 20.5. The fraction of sp³-hybridized carbons (Fsp3) is 0.333. The largest absolute Gasteiger partial charge is 0.446 e. The Morgan fingerprint density at radius 3 is 3.00 bits per heavy atom. The number of halogens is 1. The van der Waals surface area contributed by atoms with E-state index in [1.807, 2.05) is 13.8 Å². The van der Waals surface area contributed by atoms with Crippen LogP contribution in [0.1, 0.15) is 37.6 Å². The predicted octanol–water partition coefficient (Wildman–Crippen LogP) is 3.46. The summed E-state index contributed by atoms with van der Waals surface area (Å²) in [4.78, 5) is 25.3. The molecule has 0 aliphatic carbocycles. The summed E-state index contributed by atoms with van der Waals surface area (Å²) in [6, 6.07) is 4.83. The van der Waals surface area contributed by atoms with E-state index in [0.29, 0.717) is 29.8 Å². The maximum absolute atomic E-state index is 13.8. The molecular formula is C18H18FN5O2. The van der Waals surface area contributed by atoms with E-state index in [-0.39, 0.29) is 18.0 Å². The maximum Gasteiger partial charge on any atom is 0.421 e. The number of rotatable bonds is 0. The number of pyridine rings is 2. The van der Waals surface area contributed by atoms with Crippen molar-refractivity contribution in [2.24, 2.45) is 0 Å². The Morgan fingerprint density at radius 1 is 1.31 bits per heavy atom. The number of carbonyl (C=O) groups excluding carboxylic acids is 1. The summed E-state index contributed by atoms with van der Waals surface area (Å²) in [6.07, 6.45) is 2.91. The first-order valence-electron chi connectivity index (χ1n) is 8.47. The lowest BCUT2D eigenvalue weighted by atomic mass is 10.0. The molecule has 8 heteroatoms. The maximum atomic E-state index is 13.8. The number of cyclic esters (lactones) is 1. The van der Waals surface area contributed by atoms with E-state index in [9.17, 15) is 9.18 Å². The van der Waals surface area contributed by atoms with E-state index in [2.05, 4.69) is 20.3 Å². The minimum atomic E-state index is -0.524. The molecule has 0 radical (unpaired) electrons. The van der Waals surface area contributed by atoms with Crippen molar-refractivity contribution in [1.82, 2.24) is 19.5 Å². The third-order valence-corrected chi connectivity index (χ3v) is 4.48. The summed E-state index contributed by atoms with van der Waals surface area (Å²) in [5.41, 5.74) is 2.54. The number of hydrogen-bond donors (Lipinski definition) is 1. The molecule has 4 rings (SSSR count). The van der Waals surface area contributed by atoms with Crippen LogP contribution in [0.25, 0.3) is 11.2 Å². The number of nitrogens with one attached hydrogen (secondary N) is 1. The molecule has 7 nitrogen and oxygen atoms in total. The first-order valence-corrected chi connectivity index (χ1v) is 8.47. The second-order valence-corrected chi connectivity index (χ2v) is 6.44. The molecule has 3 aromatic rings. The third-order valence-electron chi connectivity index (χ3n) is 4.48. The van der Waals surface area contributed by atoms with Gasteiger partial charge in [0.05, 0.1) is 12.2 Å². The SMILES string of the molecule is C[C@@H]1Nc2ccc3ncn(c3n2)C(=O)O[C@@H](C)CCc2ncc(F)cc21. The van der Waals surface area contributed by atoms with Gasteiger partial charge in [-0.1, -0.05) is 0 Å². The zero-order chi connectivity index (χ0) is 18.3. The number of ether oxygens (including phenoxy) is 1. The number of nitrogens with zero attached hydrogens (tertiary/aromatic N) is 4. The van der Waals surface area contributed by atoms with Crippen LogP contribution >= 0.6 is 0 Å². The van der Waals surface area contributed by atoms with Gasteiger partial charge in [-0.15, -0.1) is 0 Å². The van der Waals surface area contributed by atoms with Crippen LogP contribution in [0.5, 0.6) is 0 Å². The molecule has 0 unspecified atom stereocenters. The molecule has 3 aromatic heterocycles. The normalized spacial score (nSPS) is 20.5. The standard InChI is InChI=1S/C18H18FN5O2/c1-10-3-4-14-13(7-12(19)8-20-14)11(2)22-16-6-5-15-17(23-16)24(9-21-15)18(25)26-10/h5-11H,3-4H2,1-2H3,(H,22,23)/t10-,11-/m0/s1. The number of hydrogen-bond acceptors (Lipinski definition) is 6. The number of imidazole rings is 1. The first-order chi connectivity index (χ1) is 12.5. The van der Waals surface area contributed by atoms with Crippen molar-refractivity contribution < 1.29 is 13.9 Å². The van der Waals surface area contributed by atoms with Gasteiger partial charge in [0.2, 0.25) is 0 Å². The fourth-order valence-corrected chi connectivity index (χ4v) is 3.10. The molecule has 0 spiro atoms. The van der Waals surface area contributed by atoms with Crippen molar-refractivity contribution in [2.75, 3.05) is 5.32 Å². The smallest absolute Gasteiger partial charge is 0.421 e. The quantitative estimate of drug-likeness (QED) is 0.665. The van der Waals surface area contributed by atoms with Gasteiger partial charge in [0.25, 0.3) is 0 Å². The second kappa shape index (κ2) is 6.36. The Labute approximate surface area is 149 Å². The van der Waals surface area contributed by atoms with Crippen LogP contribution in [-0.4, -0.2) is 31.7 Å². The Kier molecular flexibility index (Phi) is 4.02. The molecule has 2 bridgehead atoms. The molecule has 0 aromatic carbocycles. The van der Waals surface area contributed by atoms with Crippen LogP contribution in [0.4, 0.5) is 15.0 Å². The van der Waals surface area contributed by atoms with Crippen LogP contribution in [0.2, 0.25) is 0 Å². The molecule has 4 heterocycles. The summed E-state index contributed by atoms with van der Waals surface area (Å²) in [5, 5.41) is 3.25. The van der Waals surface area contributed by atoms with E-state index in [1.165, 1.54) is 23.2 Å². The third kappa shape index (κ3) is 2.98. The molecule has 1 aliphatic heterocycles. The van der Waals surface area contributed by atoms with E-state index < -0.39 is 6.09 Å². The lowest BCUT2D eigenvalue weighted by Gasteiger charge is -2.18. The highest BCUT2D eigenvalue weighted by atomic mass is 19.1. The number of aryl methyl sites for hydroxylation is 1. The Hall–Kier alpha value is -3.03. The lowest BCUT2D eigenvalue weighted by molar-refractivity contribution is 0.104. The minimum Gasteiger partial charge on any atom is -0.446 e. The number of fused-ring (bicyclic) bond motifs is 2. The predicted molar refractivity (Wildman–Crippen MR) is 93.4 cm³/mol. The van der Waals surface area contributed by atoms with Gasteiger partial charge in [0.15, 0.2) is 5.65 Å². The van der Waals surface area contributed by atoms with Crippen molar-refractivity contribution in [3.8, 4) is 0 Å². The number of carbonyl (C=O) groups is 1. The minimum absolute atomic E-state index is 0.206. The van der Waals surface area contributed by atoms with Gasteiger partial charge in [-0.2, -0.15) is 0 Å². The van der Waals surface area contributed by atoms with Gasteiger partial charge >= 0.3 is 6.09 Å². The Morgan fingerprint density at radius 2 is 2.15 bits per heavy atom. The zero-order valence-corrected chi connectivity index (χ0v) is 14.4. The molecular weight excluding hydrogens is 337 g/mol. The van der Waals surface area contributed by atoms with Crippen molar-refractivity contribution in [3.05, 3.63) is 47.8 Å². The van der Waals surface area contributed by atoms with E-state index in [1.54, 1.807) is 12.1 Å². The summed E-state index contributed by atoms with van der Waals surface area (Å²) in [7, 11) is 0. The van der Waals surface area contributed by atoms with Gasteiger partial charge in [-0.3, -0.25) is 4.98 Å². The molecule has 26 heavy (non-hydrogen) atoms. The van der Waals surface area contributed by atoms with Gasteiger partial charge in [0, 0.05) is 5.69 Å².